The van der Waals surface area contributed by atoms with Gasteiger partial charge in [-0.3, -0.25) is 15.0 Å². The van der Waals surface area contributed by atoms with Gasteiger partial charge in [-0.25, -0.2) is 5.84 Å². The molecule has 1 heterocycles. The topological polar surface area (TPSA) is 81.4 Å². The van der Waals surface area contributed by atoms with Gasteiger partial charge in [0.25, 0.3) is 5.91 Å². The molecular formula is C13H11ClN2O3S. The number of ether oxygens (including phenoxy) is 1. The van der Waals surface area contributed by atoms with Crippen LogP contribution in [-0.2, 0) is 6.61 Å². The molecule has 2 aromatic rings. The van der Waals surface area contributed by atoms with E-state index in [4.69, 9.17) is 22.2 Å². The second-order valence-electron chi connectivity index (χ2n) is 3.84. The lowest BCUT2D eigenvalue weighted by atomic mass is 10.2. The number of hydrogen-bond donors (Lipinski definition) is 2. The lowest BCUT2D eigenvalue weighted by molar-refractivity contribution is 0.0955. The molecule has 0 unspecified atom stereocenters. The molecule has 104 valence electrons. The van der Waals surface area contributed by atoms with Crippen molar-refractivity contribution < 1.29 is 14.3 Å². The number of aldehydes is 1. The quantitative estimate of drug-likeness (QED) is 0.384. The van der Waals surface area contributed by atoms with Crippen LogP contribution in [-0.4, -0.2) is 12.2 Å². The summed E-state index contributed by atoms with van der Waals surface area (Å²) in [5.74, 6) is 5.19. The van der Waals surface area contributed by atoms with E-state index in [1.165, 1.54) is 17.4 Å². The molecule has 2 rings (SSSR count). The number of carbonyl (C=O) groups excluding carboxylic acids is 2. The maximum Gasteiger partial charge on any atom is 0.275 e. The van der Waals surface area contributed by atoms with Gasteiger partial charge in [0, 0.05) is 11.1 Å². The van der Waals surface area contributed by atoms with Crippen LogP contribution in [0.15, 0.2) is 29.6 Å². The maximum absolute atomic E-state index is 11.5. The van der Waals surface area contributed by atoms with Crippen LogP contribution in [0.2, 0.25) is 5.02 Å². The molecule has 0 spiro atoms. The van der Waals surface area contributed by atoms with Gasteiger partial charge in [0.2, 0.25) is 0 Å². The van der Waals surface area contributed by atoms with Gasteiger partial charge in [-0.2, -0.15) is 0 Å². The second kappa shape index (κ2) is 6.51. The van der Waals surface area contributed by atoms with Gasteiger partial charge in [0.1, 0.15) is 18.6 Å². The van der Waals surface area contributed by atoms with Crippen molar-refractivity contribution in [2.24, 2.45) is 5.84 Å². The fourth-order valence-corrected chi connectivity index (χ4v) is 2.63. The Bertz CT molecular complexity index is 642. The van der Waals surface area contributed by atoms with Crippen molar-refractivity contribution in [3.8, 4) is 5.75 Å². The number of nitrogens with two attached hydrogens (primary N) is 1. The third-order valence-corrected chi connectivity index (χ3v) is 3.81. The van der Waals surface area contributed by atoms with Crippen molar-refractivity contribution in [1.82, 2.24) is 5.43 Å². The highest BCUT2D eigenvalue weighted by Gasteiger charge is 2.13. The molecule has 0 fully saturated rings. The smallest absolute Gasteiger partial charge is 0.275 e. The van der Waals surface area contributed by atoms with Gasteiger partial charge >= 0.3 is 0 Å². The molecule has 1 amide bonds. The van der Waals surface area contributed by atoms with E-state index in [9.17, 15) is 9.59 Å². The Morgan fingerprint density at radius 3 is 2.90 bits per heavy atom. The number of nitrogen functional groups attached to an aromatic ring is 1. The molecule has 7 heteroatoms. The first-order valence-corrected chi connectivity index (χ1v) is 6.86. The van der Waals surface area contributed by atoms with Gasteiger partial charge < -0.3 is 4.74 Å². The van der Waals surface area contributed by atoms with Crippen molar-refractivity contribution >= 4 is 35.1 Å². The monoisotopic (exact) mass is 310 g/mol. The molecule has 0 saturated heterocycles. The first kappa shape index (κ1) is 14.5. The van der Waals surface area contributed by atoms with E-state index in [1.54, 1.807) is 23.6 Å². The van der Waals surface area contributed by atoms with E-state index in [0.717, 1.165) is 0 Å². The standard InChI is InChI=1S/C13H11ClN2O3S/c14-10-5-8(6-17)1-2-11(10)19-7-9-3-4-20-12(9)13(18)16-15/h1-6H,7,15H2,(H,16,18). The normalized spacial score (nSPS) is 10.1. The van der Waals surface area contributed by atoms with E-state index in [2.05, 4.69) is 5.43 Å². The third-order valence-electron chi connectivity index (χ3n) is 2.56. The summed E-state index contributed by atoms with van der Waals surface area (Å²) in [7, 11) is 0. The minimum atomic E-state index is -0.360. The van der Waals surface area contributed by atoms with Crippen molar-refractivity contribution in [2.75, 3.05) is 0 Å². The average molecular weight is 311 g/mol. The van der Waals surface area contributed by atoms with Crippen LogP contribution in [0.1, 0.15) is 25.6 Å². The number of benzene rings is 1. The van der Waals surface area contributed by atoms with E-state index >= 15 is 0 Å². The highest BCUT2D eigenvalue weighted by atomic mass is 35.5. The van der Waals surface area contributed by atoms with E-state index in [-0.39, 0.29) is 12.5 Å². The van der Waals surface area contributed by atoms with Crippen molar-refractivity contribution in [3.05, 3.63) is 50.7 Å². The predicted molar refractivity (Wildman–Crippen MR) is 77.1 cm³/mol. The van der Waals surface area contributed by atoms with Gasteiger partial charge in [-0.1, -0.05) is 11.6 Å². The largest absolute Gasteiger partial charge is 0.487 e. The third kappa shape index (κ3) is 3.16. The minimum absolute atomic E-state index is 0.187. The molecule has 0 aliphatic rings. The van der Waals surface area contributed by atoms with Gasteiger partial charge in [-0.15, -0.1) is 11.3 Å². The second-order valence-corrected chi connectivity index (χ2v) is 5.17. The summed E-state index contributed by atoms with van der Waals surface area (Å²) in [4.78, 5) is 22.6. The van der Waals surface area contributed by atoms with Gasteiger partial charge in [-0.05, 0) is 29.6 Å². The van der Waals surface area contributed by atoms with Gasteiger partial charge in [0.05, 0.1) is 9.90 Å². The first-order chi connectivity index (χ1) is 9.65. The first-order valence-electron chi connectivity index (χ1n) is 5.60. The summed E-state index contributed by atoms with van der Waals surface area (Å²) in [5.41, 5.74) is 3.27. The zero-order valence-electron chi connectivity index (χ0n) is 10.3. The van der Waals surface area contributed by atoms with Crippen LogP contribution in [0.5, 0.6) is 5.75 Å². The zero-order chi connectivity index (χ0) is 14.5. The SMILES string of the molecule is NNC(=O)c1sccc1COc1ccc(C=O)cc1Cl. The summed E-state index contributed by atoms with van der Waals surface area (Å²) >= 11 is 7.27. The molecule has 1 aromatic carbocycles. The number of hydrazine groups is 1. The molecule has 5 nitrogen and oxygen atoms in total. The Kier molecular flexibility index (Phi) is 4.73. The van der Waals surface area contributed by atoms with Crippen LogP contribution in [0.3, 0.4) is 0 Å². The molecule has 0 aliphatic carbocycles. The highest BCUT2D eigenvalue weighted by molar-refractivity contribution is 7.12. The Balaban J connectivity index is 2.11. The minimum Gasteiger partial charge on any atom is -0.487 e. The molecule has 0 saturated carbocycles. The number of halogens is 1. The van der Waals surface area contributed by atoms with Crippen molar-refractivity contribution in [3.63, 3.8) is 0 Å². The summed E-state index contributed by atoms with van der Waals surface area (Å²) in [6, 6.07) is 6.52. The summed E-state index contributed by atoms with van der Waals surface area (Å²) in [5, 5.41) is 2.12. The fourth-order valence-electron chi connectivity index (χ4n) is 1.58. The lowest BCUT2D eigenvalue weighted by Gasteiger charge is -2.08. The van der Waals surface area contributed by atoms with Crippen LogP contribution in [0.4, 0.5) is 0 Å². The molecule has 1 aromatic heterocycles. The summed E-state index contributed by atoms with van der Waals surface area (Å²) < 4.78 is 5.55. The highest BCUT2D eigenvalue weighted by Crippen LogP contribution is 2.27. The maximum atomic E-state index is 11.5. The number of hydrogen-bond acceptors (Lipinski definition) is 5. The number of carbonyl (C=O) groups is 2. The number of amides is 1. The Hall–Kier alpha value is -1.89. The van der Waals surface area contributed by atoms with Crippen molar-refractivity contribution in [1.29, 1.82) is 0 Å². The molecule has 0 atom stereocenters. The summed E-state index contributed by atoms with van der Waals surface area (Å²) in [6.45, 7) is 0.187. The number of nitrogens with one attached hydrogen (secondary N) is 1. The predicted octanol–water partition coefficient (Wildman–Crippen LogP) is 2.40. The Morgan fingerprint density at radius 2 is 2.25 bits per heavy atom. The van der Waals surface area contributed by atoms with E-state index in [0.29, 0.717) is 33.1 Å². The molecule has 0 radical (unpaired) electrons. The van der Waals surface area contributed by atoms with Crippen LogP contribution in [0.25, 0.3) is 0 Å². The van der Waals surface area contributed by atoms with Gasteiger partial charge in [0.15, 0.2) is 0 Å². The van der Waals surface area contributed by atoms with Crippen LogP contribution < -0.4 is 16.0 Å². The van der Waals surface area contributed by atoms with E-state index < -0.39 is 0 Å². The molecule has 3 N–H and O–H groups in total. The lowest BCUT2D eigenvalue weighted by Crippen LogP contribution is -2.30. The van der Waals surface area contributed by atoms with Crippen molar-refractivity contribution in [2.45, 2.75) is 6.61 Å². The fraction of sp³-hybridized carbons (Fsp3) is 0.0769. The molecular weight excluding hydrogens is 300 g/mol. The van der Waals surface area contributed by atoms with E-state index in [1.807, 2.05) is 0 Å². The summed E-state index contributed by atoms with van der Waals surface area (Å²) in [6.07, 6.45) is 0.707. The van der Waals surface area contributed by atoms with Crippen LogP contribution in [0, 0.1) is 0 Å². The molecule has 20 heavy (non-hydrogen) atoms. The number of rotatable bonds is 5. The Morgan fingerprint density at radius 1 is 1.45 bits per heavy atom. The zero-order valence-corrected chi connectivity index (χ0v) is 11.8. The Labute approximate surface area is 124 Å². The number of thiophene rings is 1. The molecule has 0 aliphatic heterocycles. The average Bonchev–Trinajstić information content (AvgIpc) is 2.93. The molecule has 0 bridgehead atoms. The van der Waals surface area contributed by atoms with Crippen LogP contribution >= 0.6 is 22.9 Å².